The first-order valence-electron chi connectivity index (χ1n) is 8.09. The number of sulfonamides is 1. The van der Waals surface area contributed by atoms with Gasteiger partial charge in [-0.25, -0.2) is 8.42 Å². The predicted molar refractivity (Wildman–Crippen MR) is 96.6 cm³/mol. The van der Waals surface area contributed by atoms with E-state index in [9.17, 15) is 8.42 Å². The molecule has 0 unspecified atom stereocenters. The van der Waals surface area contributed by atoms with Crippen LogP contribution in [0.4, 0.5) is 5.82 Å². The molecule has 0 atom stereocenters. The van der Waals surface area contributed by atoms with Gasteiger partial charge in [0.1, 0.15) is 10.6 Å². The van der Waals surface area contributed by atoms with Gasteiger partial charge in [-0.1, -0.05) is 24.4 Å². The molecule has 134 valence electrons. The normalized spacial score (nSPS) is 14.4. The van der Waals surface area contributed by atoms with E-state index in [1.807, 2.05) is 0 Å². The molecule has 25 heavy (non-hydrogen) atoms. The van der Waals surface area contributed by atoms with Gasteiger partial charge in [0, 0.05) is 12.1 Å². The summed E-state index contributed by atoms with van der Waals surface area (Å²) in [5, 5.41) is 8.18. The lowest BCUT2D eigenvalue weighted by Crippen LogP contribution is -2.28. The van der Waals surface area contributed by atoms with Crippen molar-refractivity contribution in [2.45, 2.75) is 31.1 Å². The average Bonchev–Trinajstić information content (AvgIpc) is 3.40. The van der Waals surface area contributed by atoms with Crippen LogP contribution >= 0.6 is 11.6 Å². The first kappa shape index (κ1) is 17.9. The monoisotopic (exact) mass is 381 g/mol. The number of nitrogens with zero attached hydrogens (tertiary/aromatic N) is 3. The summed E-state index contributed by atoms with van der Waals surface area (Å²) in [6.45, 7) is 2.27. The Labute approximate surface area is 152 Å². The lowest BCUT2D eigenvalue weighted by atomic mass is 10.3. The maximum Gasteiger partial charge on any atom is 0.269 e. The molecular weight excluding hydrogens is 362 g/mol. The van der Waals surface area contributed by atoms with Crippen molar-refractivity contribution in [3.63, 3.8) is 0 Å². The number of ether oxygens (including phenoxy) is 1. The number of hydrogen-bond donors (Lipinski definition) is 0. The molecule has 3 rings (SSSR count). The van der Waals surface area contributed by atoms with Gasteiger partial charge in [0.15, 0.2) is 5.82 Å². The molecule has 8 heteroatoms. The molecule has 0 amide bonds. The first-order valence-corrected chi connectivity index (χ1v) is 9.91. The number of halogens is 1. The Kier molecular flexibility index (Phi) is 5.15. The van der Waals surface area contributed by atoms with E-state index in [1.165, 1.54) is 26.0 Å². The molecule has 6 nitrogen and oxygen atoms in total. The summed E-state index contributed by atoms with van der Waals surface area (Å²) < 4.78 is 32.9. The molecule has 0 bridgehead atoms. The van der Waals surface area contributed by atoms with Crippen LogP contribution in [0.5, 0.6) is 5.75 Å². The van der Waals surface area contributed by atoms with Crippen LogP contribution in [0.15, 0.2) is 35.2 Å². The number of rotatable bonds is 7. The summed E-state index contributed by atoms with van der Waals surface area (Å²) in [6, 6.07) is 7.94. The Morgan fingerprint density at radius 3 is 2.64 bits per heavy atom. The highest BCUT2D eigenvalue weighted by molar-refractivity contribution is 7.92. The molecule has 2 aromatic rings. The van der Waals surface area contributed by atoms with E-state index in [0.717, 1.165) is 10.7 Å². The van der Waals surface area contributed by atoms with Crippen LogP contribution in [0.2, 0.25) is 5.02 Å². The lowest BCUT2D eigenvalue weighted by molar-refractivity contribution is 0.295. The SMILES string of the molecule is Cc1ccc(N(C)S(=O)(=O)c2cc(Cl)ccc2OCCC2CC2)nn1. The minimum absolute atomic E-state index is 0.0284. The zero-order valence-electron chi connectivity index (χ0n) is 14.1. The second kappa shape index (κ2) is 7.17. The van der Waals surface area contributed by atoms with Crippen LogP contribution in [0.1, 0.15) is 25.0 Å². The van der Waals surface area contributed by atoms with E-state index < -0.39 is 10.0 Å². The minimum Gasteiger partial charge on any atom is -0.492 e. The molecule has 0 saturated heterocycles. The van der Waals surface area contributed by atoms with Crippen LogP contribution < -0.4 is 9.04 Å². The largest absolute Gasteiger partial charge is 0.492 e. The van der Waals surface area contributed by atoms with E-state index >= 15 is 0 Å². The maximum absolute atomic E-state index is 13.0. The molecule has 1 aromatic heterocycles. The lowest BCUT2D eigenvalue weighted by Gasteiger charge is -2.20. The number of benzene rings is 1. The van der Waals surface area contributed by atoms with Crippen molar-refractivity contribution in [1.82, 2.24) is 10.2 Å². The van der Waals surface area contributed by atoms with Gasteiger partial charge >= 0.3 is 0 Å². The summed E-state index contributed by atoms with van der Waals surface area (Å²) in [5.41, 5.74) is 0.710. The number of aromatic nitrogens is 2. The zero-order valence-corrected chi connectivity index (χ0v) is 15.7. The van der Waals surface area contributed by atoms with Gasteiger partial charge in [0.05, 0.1) is 12.3 Å². The molecule has 1 aliphatic rings. The fourth-order valence-corrected chi connectivity index (χ4v) is 3.91. The van der Waals surface area contributed by atoms with Crippen molar-refractivity contribution in [1.29, 1.82) is 0 Å². The molecule has 0 radical (unpaired) electrons. The molecule has 0 aliphatic heterocycles. The molecular formula is C17H20ClN3O3S. The standard InChI is InChI=1S/C17H20ClN3O3S/c1-12-3-8-17(20-19-12)21(2)25(22,23)16-11-14(18)6-7-15(16)24-10-9-13-4-5-13/h3,6-8,11,13H,4-5,9-10H2,1-2H3. The quantitative estimate of drug-likeness (QED) is 0.734. The van der Waals surface area contributed by atoms with E-state index in [-0.39, 0.29) is 10.7 Å². The average molecular weight is 382 g/mol. The first-order chi connectivity index (χ1) is 11.9. The van der Waals surface area contributed by atoms with E-state index in [2.05, 4.69) is 10.2 Å². The van der Waals surface area contributed by atoms with Crippen molar-refractivity contribution < 1.29 is 13.2 Å². The Morgan fingerprint density at radius 1 is 1.24 bits per heavy atom. The Morgan fingerprint density at radius 2 is 2.00 bits per heavy atom. The third-order valence-electron chi connectivity index (χ3n) is 4.13. The second-order valence-corrected chi connectivity index (χ2v) is 8.55. The number of hydrogen-bond acceptors (Lipinski definition) is 5. The highest BCUT2D eigenvalue weighted by Crippen LogP contribution is 2.34. The Balaban J connectivity index is 1.88. The molecule has 0 spiro atoms. The topological polar surface area (TPSA) is 72.4 Å². The fourth-order valence-electron chi connectivity index (χ4n) is 2.38. The van der Waals surface area contributed by atoms with Crippen LogP contribution in [-0.2, 0) is 10.0 Å². The smallest absolute Gasteiger partial charge is 0.269 e. The third-order valence-corrected chi connectivity index (χ3v) is 6.15. The van der Waals surface area contributed by atoms with E-state index in [0.29, 0.717) is 29.0 Å². The van der Waals surface area contributed by atoms with Gasteiger partial charge in [-0.05, 0) is 49.6 Å². The van der Waals surface area contributed by atoms with Crippen molar-refractivity contribution in [3.8, 4) is 5.75 Å². The van der Waals surface area contributed by atoms with Crippen molar-refractivity contribution >= 4 is 27.4 Å². The van der Waals surface area contributed by atoms with Crippen LogP contribution in [-0.4, -0.2) is 32.3 Å². The third kappa shape index (κ3) is 4.22. The van der Waals surface area contributed by atoms with Gasteiger partial charge in [-0.15, -0.1) is 5.10 Å². The molecule has 1 saturated carbocycles. The molecule has 1 aliphatic carbocycles. The summed E-state index contributed by atoms with van der Waals surface area (Å²) in [6.07, 6.45) is 3.38. The maximum atomic E-state index is 13.0. The van der Waals surface area contributed by atoms with E-state index in [1.54, 1.807) is 31.2 Å². The summed E-state index contributed by atoms with van der Waals surface area (Å²) >= 11 is 6.02. The summed E-state index contributed by atoms with van der Waals surface area (Å²) in [7, 11) is -2.44. The second-order valence-electron chi connectivity index (χ2n) is 6.18. The van der Waals surface area contributed by atoms with E-state index in [4.69, 9.17) is 16.3 Å². The molecule has 1 fully saturated rings. The van der Waals surface area contributed by atoms with Gasteiger partial charge in [0.2, 0.25) is 0 Å². The molecule has 1 heterocycles. The van der Waals surface area contributed by atoms with Gasteiger partial charge in [0.25, 0.3) is 10.0 Å². The van der Waals surface area contributed by atoms with Crippen molar-refractivity contribution in [3.05, 3.63) is 41.0 Å². The predicted octanol–water partition coefficient (Wildman–Crippen LogP) is 3.44. The summed E-state index contributed by atoms with van der Waals surface area (Å²) in [4.78, 5) is 0.0284. The van der Waals surface area contributed by atoms with Gasteiger partial charge in [-0.3, -0.25) is 4.31 Å². The highest BCUT2D eigenvalue weighted by Gasteiger charge is 2.27. The summed E-state index contributed by atoms with van der Waals surface area (Å²) in [5.74, 6) is 1.24. The van der Waals surface area contributed by atoms with Crippen LogP contribution in [0.25, 0.3) is 0 Å². The Hall–Kier alpha value is -1.86. The fraction of sp³-hybridized carbons (Fsp3) is 0.412. The Bertz CT molecular complexity index is 852. The van der Waals surface area contributed by atoms with Crippen LogP contribution in [0, 0.1) is 12.8 Å². The van der Waals surface area contributed by atoms with Crippen LogP contribution in [0.3, 0.4) is 0 Å². The van der Waals surface area contributed by atoms with Gasteiger partial charge < -0.3 is 4.74 Å². The van der Waals surface area contributed by atoms with Crippen molar-refractivity contribution in [2.24, 2.45) is 5.92 Å². The van der Waals surface area contributed by atoms with Crippen molar-refractivity contribution in [2.75, 3.05) is 18.0 Å². The molecule has 0 N–H and O–H groups in total. The van der Waals surface area contributed by atoms with Gasteiger partial charge in [-0.2, -0.15) is 5.10 Å². The molecule has 1 aromatic carbocycles. The zero-order chi connectivity index (χ0) is 18.0. The minimum atomic E-state index is -3.87. The number of aryl methyl sites for hydroxylation is 1. The number of anilines is 1. The highest BCUT2D eigenvalue weighted by atomic mass is 35.5.